The van der Waals surface area contributed by atoms with E-state index in [0.717, 1.165) is 12.1 Å². The van der Waals surface area contributed by atoms with Crippen LogP contribution in [0.4, 0.5) is 13.2 Å². The summed E-state index contributed by atoms with van der Waals surface area (Å²) >= 11 is 0. The van der Waals surface area contributed by atoms with E-state index in [2.05, 4.69) is 19.8 Å². The van der Waals surface area contributed by atoms with Crippen molar-refractivity contribution < 1.29 is 22.7 Å². The van der Waals surface area contributed by atoms with E-state index in [1.165, 1.54) is 28.0 Å². The highest BCUT2D eigenvalue weighted by Gasteiger charge is 2.15. The predicted molar refractivity (Wildman–Crippen MR) is 86.0 cm³/mol. The third kappa shape index (κ3) is 3.58. The van der Waals surface area contributed by atoms with Gasteiger partial charge in [0.15, 0.2) is 17.2 Å². The van der Waals surface area contributed by atoms with Gasteiger partial charge in [-0.1, -0.05) is 0 Å². The summed E-state index contributed by atoms with van der Waals surface area (Å²) in [7, 11) is 3.24. The molecule has 0 atom stereocenters. The number of likely N-dealkylation sites (N-methyl/N-ethyl adjacent to an activating group) is 1. The first kappa shape index (κ1) is 17.6. The van der Waals surface area contributed by atoms with Crippen molar-refractivity contribution in [3.63, 3.8) is 0 Å². The van der Waals surface area contributed by atoms with Gasteiger partial charge in [-0.2, -0.15) is 13.9 Å². The van der Waals surface area contributed by atoms with Gasteiger partial charge >= 0.3 is 6.61 Å². The average Bonchev–Trinajstić information content (AvgIpc) is 2.98. The third-order valence-corrected chi connectivity index (χ3v) is 3.57. The molecule has 136 valence electrons. The molecule has 2 heterocycles. The molecular formula is C16H14F3N5O2. The Hall–Kier alpha value is -3.17. The Labute approximate surface area is 146 Å². The minimum Gasteiger partial charge on any atom is -0.432 e. The molecule has 0 aliphatic rings. The Morgan fingerprint density at radius 2 is 2.08 bits per heavy atom. The smallest absolute Gasteiger partial charge is 0.387 e. The van der Waals surface area contributed by atoms with Crippen molar-refractivity contribution in [3.05, 3.63) is 36.4 Å². The van der Waals surface area contributed by atoms with E-state index < -0.39 is 18.2 Å². The third-order valence-electron chi connectivity index (χ3n) is 3.57. The second kappa shape index (κ2) is 6.98. The van der Waals surface area contributed by atoms with Gasteiger partial charge in [-0.3, -0.25) is 4.79 Å². The summed E-state index contributed by atoms with van der Waals surface area (Å²) in [6, 6.07) is 3.51. The number of amides is 1. The molecule has 10 heteroatoms. The molecule has 0 unspecified atom stereocenters. The van der Waals surface area contributed by atoms with Gasteiger partial charge in [-0.25, -0.2) is 19.0 Å². The molecule has 26 heavy (non-hydrogen) atoms. The summed E-state index contributed by atoms with van der Waals surface area (Å²) in [5, 5.41) is 4.08. The number of fused-ring (bicyclic) bond motifs is 1. The lowest BCUT2D eigenvalue weighted by molar-refractivity contribution is -0.129. The zero-order valence-corrected chi connectivity index (χ0v) is 13.9. The van der Waals surface area contributed by atoms with Gasteiger partial charge in [0.1, 0.15) is 12.1 Å². The van der Waals surface area contributed by atoms with Gasteiger partial charge in [0, 0.05) is 19.7 Å². The van der Waals surface area contributed by atoms with Crippen LogP contribution in [-0.4, -0.2) is 51.3 Å². The Bertz CT molecular complexity index is 958. The first-order chi connectivity index (χ1) is 12.3. The van der Waals surface area contributed by atoms with Gasteiger partial charge in [-0.15, -0.1) is 0 Å². The highest BCUT2D eigenvalue weighted by Crippen LogP contribution is 2.26. The van der Waals surface area contributed by atoms with Crippen LogP contribution in [-0.2, 0) is 11.3 Å². The second-order valence-electron chi connectivity index (χ2n) is 5.58. The van der Waals surface area contributed by atoms with Crippen LogP contribution in [0.5, 0.6) is 5.75 Å². The lowest BCUT2D eigenvalue weighted by Gasteiger charge is -2.10. The highest BCUT2D eigenvalue weighted by molar-refractivity contribution is 5.79. The van der Waals surface area contributed by atoms with E-state index in [0.29, 0.717) is 22.4 Å². The number of carbonyl (C=O) groups excluding carboxylic acids is 1. The van der Waals surface area contributed by atoms with E-state index in [9.17, 15) is 18.0 Å². The largest absolute Gasteiger partial charge is 0.432 e. The monoisotopic (exact) mass is 365 g/mol. The lowest BCUT2D eigenvalue weighted by Crippen LogP contribution is -2.26. The van der Waals surface area contributed by atoms with Crippen LogP contribution in [0.1, 0.15) is 0 Å². The van der Waals surface area contributed by atoms with Gasteiger partial charge < -0.3 is 9.64 Å². The van der Waals surface area contributed by atoms with Crippen molar-refractivity contribution in [2.45, 2.75) is 13.2 Å². The maximum atomic E-state index is 13.9. The fourth-order valence-corrected chi connectivity index (χ4v) is 2.22. The molecule has 0 spiro atoms. The van der Waals surface area contributed by atoms with Gasteiger partial charge in [0.25, 0.3) is 0 Å². The molecule has 0 aliphatic carbocycles. The van der Waals surface area contributed by atoms with Crippen LogP contribution < -0.4 is 4.74 Å². The zero-order valence-electron chi connectivity index (χ0n) is 13.9. The predicted octanol–water partition coefficient (Wildman–Crippen LogP) is 2.32. The summed E-state index contributed by atoms with van der Waals surface area (Å²) < 4.78 is 43.8. The SMILES string of the molecule is CN(C)C(=O)Cn1ncc2ncc(-c3ccc(OC(F)F)c(F)c3)nc21. The van der Waals surface area contributed by atoms with Crippen LogP contribution in [0.15, 0.2) is 30.6 Å². The Morgan fingerprint density at radius 3 is 2.73 bits per heavy atom. The molecule has 0 saturated heterocycles. The Morgan fingerprint density at radius 1 is 1.31 bits per heavy atom. The van der Waals surface area contributed by atoms with E-state index >= 15 is 0 Å². The fraction of sp³-hybridized carbons (Fsp3) is 0.250. The van der Waals surface area contributed by atoms with Gasteiger partial charge in [-0.05, 0) is 18.2 Å². The summed E-state index contributed by atoms with van der Waals surface area (Å²) in [6.07, 6.45) is 2.87. The minimum absolute atomic E-state index is 0.0237. The van der Waals surface area contributed by atoms with Crippen LogP contribution >= 0.6 is 0 Å². The summed E-state index contributed by atoms with van der Waals surface area (Å²) in [5.41, 5.74) is 1.45. The van der Waals surface area contributed by atoms with E-state index in [-0.39, 0.29) is 12.5 Å². The molecule has 0 bridgehead atoms. The molecule has 1 aromatic carbocycles. The van der Waals surface area contributed by atoms with E-state index in [1.54, 1.807) is 14.1 Å². The minimum atomic E-state index is -3.12. The normalized spacial score (nSPS) is 11.2. The molecule has 1 amide bonds. The van der Waals surface area contributed by atoms with Crippen molar-refractivity contribution in [1.29, 1.82) is 0 Å². The second-order valence-corrected chi connectivity index (χ2v) is 5.58. The van der Waals surface area contributed by atoms with Crippen molar-refractivity contribution in [2.24, 2.45) is 0 Å². The number of hydrogen-bond donors (Lipinski definition) is 0. The molecule has 2 aromatic heterocycles. The number of nitrogens with zero attached hydrogens (tertiary/aromatic N) is 5. The number of ether oxygens (including phenoxy) is 1. The van der Waals surface area contributed by atoms with E-state index in [4.69, 9.17) is 0 Å². The molecule has 0 radical (unpaired) electrons. The topological polar surface area (TPSA) is 73.1 Å². The molecule has 0 aliphatic heterocycles. The highest BCUT2D eigenvalue weighted by atomic mass is 19.3. The molecule has 7 nitrogen and oxygen atoms in total. The molecule has 0 N–H and O–H groups in total. The standard InChI is InChI=1S/C16H14F3N5O2/c1-23(2)14(25)8-24-15-12(7-21-24)20-6-11(22-15)9-3-4-13(10(17)5-9)26-16(18)19/h3-7,16H,8H2,1-2H3. The number of benzene rings is 1. The molecule has 3 aromatic rings. The van der Waals surface area contributed by atoms with Gasteiger partial charge in [0.05, 0.1) is 18.1 Å². The molecule has 0 fully saturated rings. The maximum absolute atomic E-state index is 13.9. The molecular weight excluding hydrogens is 351 g/mol. The first-order valence-corrected chi connectivity index (χ1v) is 7.48. The number of hydrogen-bond acceptors (Lipinski definition) is 5. The van der Waals surface area contributed by atoms with Crippen LogP contribution in [0.3, 0.4) is 0 Å². The van der Waals surface area contributed by atoms with Crippen LogP contribution in [0.25, 0.3) is 22.4 Å². The molecule has 0 saturated carbocycles. The van der Waals surface area contributed by atoms with Crippen molar-refractivity contribution in [1.82, 2.24) is 24.6 Å². The number of aromatic nitrogens is 4. The van der Waals surface area contributed by atoms with Crippen molar-refractivity contribution >= 4 is 17.1 Å². The van der Waals surface area contributed by atoms with Gasteiger partial charge in [0.2, 0.25) is 5.91 Å². The summed E-state index contributed by atoms with van der Waals surface area (Å²) in [6.45, 7) is -3.14. The average molecular weight is 365 g/mol. The number of halogens is 3. The quantitative estimate of drug-likeness (QED) is 0.694. The van der Waals surface area contributed by atoms with E-state index in [1.807, 2.05) is 0 Å². The fourth-order valence-electron chi connectivity index (χ4n) is 2.22. The van der Waals surface area contributed by atoms with Crippen molar-refractivity contribution in [2.75, 3.05) is 14.1 Å². The summed E-state index contributed by atoms with van der Waals surface area (Å²) in [5.74, 6) is -1.68. The zero-order chi connectivity index (χ0) is 18.8. The number of alkyl halides is 2. The Balaban J connectivity index is 1.96. The Kier molecular flexibility index (Phi) is 4.74. The summed E-state index contributed by atoms with van der Waals surface area (Å²) in [4.78, 5) is 21.8. The van der Waals surface area contributed by atoms with Crippen molar-refractivity contribution in [3.8, 4) is 17.0 Å². The van der Waals surface area contributed by atoms with Crippen LogP contribution in [0, 0.1) is 5.82 Å². The molecule has 3 rings (SSSR count). The lowest BCUT2D eigenvalue weighted by atomic mass is 10.1. The maximum Gasteiger partial charge on any atom is 0.387 e. The number of carbonyl (C=O) groups is 1. The first-order valence-electron chi connectivity index (χ1n) is 7.48. The number of rotatable bonds is 5. The van der Waals surface area contributed by atoms with Crippen LogP contribution in [0.2, 0.25) is 0 Å².